The molecule has 0 saturated carbocycles. The van der Waals surface area contributed by atoms with Crippen molar-refractivity contribution in [2.24, 2.45) is 0 Å². The quantitative estimate of drug-likeness (QED) is 0.684. The maximum Gasteiger partial charge on any atom is 0.272 e. The van der Waals surface area contributed by atoms with Crippen LogP contribution in [0.15, 0.2) is 18.2 Å². The summed E-state index contributed by atoms with van der Waals surface area (Å²) in [4.78, 5) is 0. The fraction of sp³-hybridized carbons (Fsp3) is 0.250. The lowest BCUT2D eigenvalue weighted by Crippen LogP contribution is -2.06. The highest BCUT2D eigenvalue weighted by molar-refractivity contribution is 5.20. The number of benzene rings is 1. The van der Waals surface area contributed by atoms with Crippen LogP contribution in [0.5, 0.6) is 5.75 Å². The summed E-state index contributed by atoms with van der Waals surface area (Å²) in [6.07, 6.45) is -2.55. The topological polar surface area (TPSA) is 9.23 Å². The molecule has 0 amide bonds. The lowest BCUT2D eigenvalue weighted by molar-refractivity contribution is 0.0816. The predicted octanol–water partition coefficient (Wildman–Crippen LogP) is 2.27. The Hall–Kier alpha value is -1.19. The second kappa shape index (κ2) is 3.99. The summed E-state index contributed by atoms with van der Waals surface area (Å²) in [6, 6.07) is 5.91. The Kier molecular flexibility index (Phi) is 2.96. The van der Waals surface area contributed by atoms with Crippen molar-refractivity contribution >= 4 is 0 Å². The van der Waals surface area contributed by atoms with E-state index in [1.54, 1.807) is 0 Å². The molecular formula is C8H6F3O. The minimum atomic E-state index is -2.55. The number of alkyl halides is 2. The van der Waals surface area contributed by atoms with Crippen molar-refractivity contribution in [2.75, 3.05) is 6.61 Å². The molecule has 0 atom stereocenters. The van der Waals surface area contributed by atoms with E-state index >= 15 is 0 Å². The number of hydrogen-bond acceptors (Lipinski definition) is 1. The molecule has 0 aliphatic heterocycles. The Bertz CT molecular complexity index is 250. The molecule has 0 saturated heterocycles. The summed E-state index contributed by atoms with van der Waals surface area (Å²) >= 11 is 0. The Morgan fingerprint density at radius 3 is 2.83 bits per heavy atom. The summed E-state index contributed by atoms with van der Waals surface area (Å²) in [6.45, 7) is -0.736. The normalized spacial score (nSPS) is 10.3. The molecule has 0 N–H and O–H groups in total. The van der Waals surface area contributed by atoms with Crippen molar-refractivity contribution in [3.63, 3.8) is 0 Å². The minimum absolute atomic E-state index is 0.00435. The maximum absolute atomic E-state index is 12.4. The van der Waals surface area contributed by atoms with Gasteiger partial charge in [0.15, 0.2) is 0 Å². The largest absolute Gasteiger partial charge is 0.487 e. The Labute approximate surface area is 67.8 Å². The summed E-state index contributed by atoms with van der Waals surface area (Å²) in [5.41, 5.74) is 0. The van der Waals surface area contributed by atoms with Gasteiger partial charge in [-0.2, -0.15) is 0 Å². The Morgan fingerprint density at radius 1 is 1.50 bits per heavy atom. The van der Waals surface area contributed by atoms with Gasteiger partial charge in [0.25, 0.3) is 6.43 Å². The molecular weight excluding hydrogens is 169 g/mol. The first-order valence-electron chi connectivity index (χ1n) is 3.26. The molecule has 0 heterocycles. The van der Waals surface area contributed by atoms with Crippen molar-refractivity contribution in [2.45, 2.75) is 6.43 Å². The maximum atomic E-state index is 12.4. The van der Waals surface area contributed by atoms with Crippen molar-refractivity contribution in [1.29, 1.82) is 0 Å². The van der Waals surface area contributed by atoms with Gasteiger partial charge in [-0.25, -0.2) is 13.2 Å². The van der Waals surface area contributed by atoms with Gasteiger partial charge in [0.2, 0.25) is 0 Å². The van der Waals surface area contributed by atoms with Crippen LogP contribution in [-0.4, -0.2) is 13.0 Å². The van der Waals surface area contributed by atoms with Crippen LogP contribution in [0.2, 0.25) is 0 Å². The molecule has 1 rings (SSSR count). The third kappa shape index (κ3) is 2.82. The zero-order valence-corrected chi connectivity index (χ0v) is 6.06. The third-order valence-electron chi connectivity index (χ3n) is 1.10. The van der Waals surface area contributed by atoms with Gasteiger partial charge < -0.3 is 4.74 Å². The van der Waals surface area contributed by atoms with Crippen molar-refractivity contribution in [3.05, 3.63) is 30.1 Å². The van der Waals surface area contributed by atoms with Gasteiger partial charge in [-0.15, -0.1) is 0 Å². The molecule has 1 radical (unpaired) electrons. The third-order valence-corrected chi connectivity index (χ3v) is 1.10. The number of halogens is 3. The smallest absolute Gasteiger partial charge is 0.272 e. The minimum Gasteiger partial charge on any atom is -0.487 e. The second-order valence-electron chi connectivity index (χ2n) is 2.07. The molecule has 1 aromatic rings. The first kappa shape index (κ1) is 8.90. The van der Waals surface area contributed by atoms with Crippen LogP contribution in [0.25, 0.3) is 0 Å². The van der Waals surface area contributed by atoms with E-state index in [-0.39, 0.29) is 5.75 Å². The highest BCUT2D eigenvalue weighted by Gasteiger charge is 2.03. The molecule has 1 aromatic carbocycles. The second-order valence-corrected chi connectivity index (χ2v) is 2.07. The molecule has 0 aliphatic carbocycles. The molecule has 0 spiro atoms. The van der Waals surface area contributed by atoms with Gasteiger partial charge in [0, 0.05) is 12.1 Å². The van der Waals surface area contributed by atoms with Gasteiger partial charge in [-0.3, -0.25) is 0 Å². The van der Waals surface area contributed by atoms with Crippen LogP contribution in [0.3, 0.4) is 0 Å². The summed E-state index contributed by atoms with van der Waals surface area (Å²) < 4.78 is 40.1. The van der Waals surface area contributed by atoms with Crippen molar-refractivity contribution < 1.29 is 17.9 Å². The van der Waals surface area contributed by atoms with Crippen LogP contribution in [-0.2, 0) is 0 Å². The van der Waals surface area contributed by atoms with Crippen LogP contribution < -0.4 is 4.74 Å². The van der Waals surface area contributed by atoms with Crippen LogP contribution in [0.4, 0.5) is 13.2 Å². The highest BCUT2D eigenvalue weighted by Crippen LogP contribution is 2.11. The van der Waals surface area contributed by atoms with E-state index in [1.165, 1.54) is 6.07 Å². The first-order chi connectivity index (χ1) is 5.68. The van der Waals surface area contributed by atoms with E-state index in [1.807, 2.05) is 0 Å². The molecule has 0 aromatic heterocycles. The number of rotatable bonds is 3. The predicted molar refractivity (Wildman–Crippen MR) is 36.7 cm³/mol. The molecule has 65 valence electrons. The molecule has 12 heavy (non-hydrogen) atoms. The zero-order chi connectivity index (χ0) is 8.97. The summed E-state index contributed by atoms with van der Waals surface area (Å²) in [5, 5.41) is 0. The first-order valence-corrected chi connectivity index (χ1v) is 3.26. The lowest BCUT2D eigenvalue weighted by Gasteiger charge is -2.03. The van der Waals surface area contributed by atoms with E-state index < -0.39 is 18.8 Å². The fourth-order valence-corrected chi connectivity index (χ4v) is 0.655. The summed E-state index contributed by atoms with van der Waals surface area (Å²) in [7, 11) is 0. The van der Waals surface area contributed by atoms with Gasteiger partial charge in [0.05, 0.1) is 0 Å². The van der Waals surface area contributed by atoms with E-state index in [0.717, 1.165) is 12.1 Å². The van der Waals surface area contributed by atoms with Gasteiger partial charge in [0.1, 0.15) is 18.2 Å². The van der Waals surface area contributed by atoms with Crippen LogP contribution in [0.1, 0.15) is 0 Å². The van der Waals surface area contributed by atoms with Crippen LogP contribution >= 0.6 is 0 Å². The van der Waals surface area contributed by atoms with E-state index in [4.69, 9.17) is 0 Å². The average molecular weight is 175 g/mol. The van der Waals surface area contributed by atoms with Gasteiger partial charge >= 0.3 is 0 Å². The van der Waals surface area contributed by atoms with E-state index in [2.05, 4.69) is 10.8 Å². The molecule has 0 aliphatic rings. The SMILES string of the molecule is Fc1cc[c]c(OCC(F)F)c1. The lowest BCUT2D eigenvalue weighted by atomic mass is 10.3. The molecule has 0 unspecified atom stereocenters. The van der Waals surface area contributed by atoms with Gasteiger partial charge in [-0.1, -0.05) is 0 Å². The van der Waals surface area contributed by atoms with Crippen LogP contribution in [0, 0.1) is 11.9 Å². The number of ether oxygens (including phenoxy) is 1. The Balaban J connectivity index is 2.52. The Morgan fingerprint density at radius 2 is 2.25 bits per heavy atom. The van der Waals surface area contributed by atoms with E-state index in [0.29, 0.717) is 0 Å². The van der Waals surface area contributed by atoms with E-state index in [9.17, 15) is 13.2 Å². The molecule has 0 bridgehead atoms. The standard InChI is InChI=1S/C8H6F3O/c9-6-2-1-3-7(4-6)12-5-8(10)11/h1-2,4,8H,5H2. The number of hydrogen-bond donors (Lipinski definition) is 0. The molecule has 4 heteroatoms. The summed E-state index contributed by atoms with van der Waals surface area (Å²) in [5.74, 6) is -0.534. The average Bonchev–Trinajstić information content (AvgIpc) is 2.01. The van der Waals surface area contributed by atoms with Crippen molar-refractivity contribution in [1.82, 2.24) is 0 Å². The molecule has 1 nitrogen and oxygen atoms in total. The van der Waals surface area contributed by atoms with Gasteiger partial charge in [-0.05, 0) is 12.1 Å². The van der Waals surface area contributed by atoms with Crippen molar-refractivity contribution in [3.8, 4) is 5.75 Å². The zero-order valence-electron chi connectivity index (χ0n) is 6.06. The fourth-order valence-electron chi connectivity index (χ4n) is 0.655. The monoisotopic (exact) mass is 175 g/mol. The highest BCUT2D eigenvalue weighted by atomic mass is 19.3. The molecule has 0 fully saturated rings.